The van der Waals surface area contributed by atoms with Crippen LogP contribution in [0.3, 0.4) is 0 Å². The molecule has 2 rings (SSSR count). The second-order valence-corrected chi connectivity index (χ2v) is 4.82. The van der Waals surface area contributed by atoms with Crippen LogP contribution in [0.1, 0.15) is 17.3 Å². The van der Waals surface area contributed by atoms with E-state index in [4.69, 9.17) is 5.11 Å². The van der Waals surface area contributed by atoms with Crippen LogP contribution in [0.4, 0.5) is 13.2 Å². The third-order valence-corrected chi connectivity index (χ3v) is 3.56. The molecule has 1 unspecified atom stereocenters. The van der Waals surface area contributed by atoms with Gasteiger partial charge in [0.15, 0.2) is 17.5 Å². The van der Waals surface area contributed by atoms with E-state index in [1.807, 2.05) is 0 Å². The maximum absolute atomic E-state index is 13.5. The van der Waals surface area contributed by atoms with Crippen molar-refractivity contribution in [3.05, 3.63) is 35.1 Å². The molecule has 0 saturated carbocycles. The van der Waals surface area contributed by atoms with Gasteiger partial charge in [-0.15, -0.1) is 0 Å². The van der Waals surface area contributed by atoms with Crippen LogP contribution >= 0.6 is 0 Å². The van der Waals surface area contributed by atoms with Crippen LogP contribution < -0.4 is 0 Å². The van der Waals surface area contributed by atoms with Gasteiger partial charge < -0.3 is 10.0 Å². The van der Waals surface area contributed by atoms with Crippen LogP contribution in [0.25, 0.3) is 0 Å². The fourth-order valence-electron chi connectivity index (χ4n) is 2.06. The molecule has 0 aromatic heterocycles. The summed E-state index contributed by atoms with van der Waals surface area (Å²) in [5.74, 6) is -7.15. The zero-order chi connectivity index (χ0) is 15.0. The minimum absolute atomic E-state index is 0.157. The molecule has 0 bridgehead atoms. The summed E-state index contributed by atoms with van der Waals surface area (Å²) in [5, 5.41) is 8.82. The molecule has 4 nitrogen and oxygen atoms in total. The zero-order valence-corrected chi connectivity index (χ0v) is 10.6. The highest BCUT2D eigenvalue weighted by molar-refractivity contribution is 5.95. The van der Waals surface area contributed by atoms with Gasteiger partial charge in [-0.05, 0) is 12.1 Å². The lowest BCUT2D eigenvalue weighted by Gasteiger charge is -2.41. The number of carboxylic acids is 1. The normalized spacial score (nSPS) is 16.7. The summed E-state index contributed by atoms with van der Waals surface area (Å²) in [7, 11) is 0. The molecular formula is C13H12F3NO3. The second kappa shape index (κ2) is 5.15. The number of aliphatic carboxylic acids is 1. The standard InChI is InChI=1S/C13H12F3NO3/c1-6(13(19)20)7-4-17(5-7)12(18)8-2-3-9(14)11(16)10(8)15/h2-3,6-7H,4-5H2,1H3,(H,19,20). The number of carboxylic acid groups (broad SMARTS) is 1. The minimum atomic E-state index is -1.69. The van der Waals surface area contributed by atoms with E-state index in [1.165, 1.54) is 11.8 Å². The Hall–Kier alpha value is -2.05. The molecule has 1 heterocycles. The first-order valence-electron chi connectivity index (χ1n) is 5.98. The maximum Gasteiger partial charge on any atom is 0.306 e. The zero-order valence-electron chi connectivity index (χ0n) is 10.6. The van der Waals surface area contributed by atoms with Gasteiger partial charge >= 0.3 is 5.97 Å². The number of rotatable bonds is 3. The van der Waals surface area contributed by atoms with Gasteiger partial charge in [0.05, 0.1) is 11.5 Å². The first kappa shape index (κ1) is 14.4. The number of likely N-dealkylation sites (tertiary alicyclic amines) is 1. The van der Waals surface area contributed by atoms with E-state index in [1.54, 1.807) is 0 Å². The fourth-order valence-corrected chi connectivity index (χ4v) is 2.06. The number of carbonyl (C=O) groups is 2. The van der Waals surface area contributed by atoms with Crippen molar-refractivity contribution >= 4 is 11.9 Å². The summed E-state index contributed by atoms with van der Waals surface area (Å²) in [5.41, 5.74) is -0.551. The molecule has 0 aliphatic carbocycles. The number of hydrogen-bond donors (Lipinski definition) is 1. The highest BCUT2D eigenvalue weighted by Crippen LogP contribution is 2.27. The molecule has 20 heavy (non-hydrogen) atoms. The number of carbonyl (C=O) groups excluding carboxylic acids is 1. The van der Waals surface area contributed by atoms with E-state index in [2.05, 4.69) is 0 Å². The predicted molar refractivity (Wildman–Crippen MR) is 62.5 cm³/mol. The Labute approximate surface area is 112 Å². The minimum Gasteiger partial charge on any atom is -0.481 e. The number of halogens is 3. The van der Waals surface area contributed by atoms with Gasteiger partial charge in [0.2, 0.25) is 0 Å². The van der Waals surface area contributed by atoms with E-state index >= 15 is 0 Å². The highest BCUT2D eigenvalue weighted by atomic mass is 19.2. The largest absolute Gasteiger partial charge is 0.481 e. The molecule has 0 radical (unpaired) electrons. The molecule has 1 aromatic carbocycles. The van der Waals surface area contributed by atoms with Crippen LogP contribution in [-0.2, 0) is 4.79 Å². The molecule has 1 atom stereocenters. The molecule has 1 fully saturated rings. The quantitative estimate of drug-likeness (QED) is 0.864. The summed E-state index contributed by atoms with van der Waals surface area (Å²) in [6, 6.07) is 1.56. The number of nitrogens with zero attached hydrogens (tertiary/aromatic N) is 1. The Morgan fingerprint density at radius 2 is 1.85 bits per heavy atom. The van der Waals surface area contributed by atoms with E-state index in [0.29, 0.717) is 6.07 Å². The molecule has 1 saturated heterocycles. The van der Waals surface area contributed by atoms with Crippen molar-refractivity contribution in [3.8, 4) is 0 Å². The van der Waals surface area contributed by atoms with Gasteiger partial charge in [0.25, 0.3) is 5.91 Å². The molecule has 1 aromatic rings. The Morgan fingerprint density at radius 3 is 2.40 bits per heavy atom. The van der Waals surface area contributed by atoms with Gasteiger partial charge in [-0.25, -0.2) is 13.2 Å². The van der Waals surface area contributed by atoms with Gasteiger partial charge in [-0.2, -0.15) is 0 Å². The summed E-state index contributed by atoms with van der Waals surface area (Å²) in [6.07, 6.45) is 0. The number of hydrogen-bond acceptors (Lipinski definition) is 2. The Balaban J connectivity index is 2.08. The van der Waals surface area contributed by atoms with E-state index in [-0.39, 0.29) is 19.0 Å². The first-order valence-corrected chi connectivity index (χ1v) is 5.98. The average molecular weight is 287 g/mol. The van der Waals surface area contributed by atoms with Crippen LogP contribution in [-0.4, -0.2) is 35.0 Å². The molecule has 7 heteroatoms. The Bertz CT molecular complexity index is 570. The van der Waals surface area contributed by atoms with Gasteiger partial charge in [0.1, 0.15) is 0 Å². The summed E-state index contributed by atoms with van der Waals surface area (Å²) < 4.78 is 39.3. The van der Waals surface area contributed by atoms with Crippen molar-refractivity contribution in [2.24, 2.45) is 11.8 Å². The van der Waals surface area contributed by atoms with Crippen LogP contribution in [0.2, 0.25) is 0 Å². The first-order chi connectivity index (χ1) is 9.32. The molecule has 1 N–H and O–H groups in total. The average Bonchev–Trinajstić information content (AvgIpc) is 2.33. The van der Waals surface area contributed by atoms with Crippen LogP contribution in [0, 0.1) is 29.3 Å². The lowest BCUT2D eigenvalue weighted by molar-refractivity contribution is -0.144. The fraction of sp³-hybridized carbons (Fsp3) is 0.385. The smallest absolute Gasteiger partial charge is 0.306 e. The van der Waals surface area contributed by atoms with Crippen LogP contribution in [0.15, 0.2) is 12.1 Å². The Morgan fingerprint density at radius 1 is 1.25 bits per heavy atom. The van der Waals surface area contributed by atoms with E-state index in [0.717, 1.165) is 6.07 Å². The van der Waals surface area contributed by atoms with Crippen molar-refractivity contribution in [2.75, 3.05) is 13.1 Å². The predicted octanol–water partition coefficient (Wildman–Crippen LogP) is 1.90. The van der Waals surface area contributed by atoms with Crippen LogP contribution in [0.5, 0.6) is 0 Å². The van der Waals surface area contributed by atoms with E-state index in [9.17, 15) is 22.8 Å². The van der Waals surface area contributed by atoms with Gasteiger partial charge in [0, 0.05) is 19.0 Å². The third kappa shape index (κ3) is 2.35. The van der Waals surface area contributed by atoms with Gasteiger partial charge in [-0.1, -0.05) is 6.92 Å². The molecule has 108 valence electrons. The van der Waals surface area contributed by atoms with Crippen molar-refractivity contribution in [3.63, 3.8) is 0 Å². The monoisotopic (exact) mass is 287 g/mol. The molecule has 1 aliphatic rings. The second-order valence-electron chi connectivity index (χ2n) is 4.82. The SMILES string of the molecule is CC(C(=O)O)C1CN(C(=O)c2ccc(F)c(F)c2F)C1. The van der Waals surface area contributed by atoms with E-state index < -0.39 is 40.8 Å². The molecule has 1 aliphatic heterocycles. The number of benzene rings is 1. The lowest BCUT2D eigenvalue weighted by Crippen LogP contribution is -2.53. The Kier molecular flexibility index (Phi) is 3.69. The molecule has 1 amide bonds. The molecular weight excluding hydrogens is 275 g/mol. The highest BCUT2D eigenvalue weighted by Gasteiger charge is 2.38. The maximum atomic E-state index is 13.5. The van der Waals surface area contributed by atoms with Gasteiger partial charge in [-0.3, -0.25) is 9.59 Å². The summed E-state index contributed by atoms with van der Waals surface area (Å²) in [6.45, 7) is 1.84. The van der Waals surface area contributed by atoms with Crippen molar-refractivity contribution in [2.45, 2.75) is 6.92 Å². The topological polar surface area (TPSA) is 57.6 Å². The van der Waals surface area contributed by atoms with Crippen molar-refractivity contribution in [1.29, 1.82) is 0 Å². The lowest BCUT2D eigenvalue weighted by atomic mass is 9.86. The third-order valence-electron chi connectivity index (χ3n) is 3.56. The molecule has 0 spiro atoms. The summed E-state index contributed by atoms with van der Waals surface area (Å²) in [4.78, 5) is 23.9. The summed E-state index contributed by atoms with van der Waals surface area (Å²) >= 11 is 0. The number of amides is 1. The van der Waals surface area contributed by atoms with Crippen molar-refractivity contribution in [1.82, 2.24) is 4.90 Å². The van der Waals surface area contributed by atoms with Crippen molar-refractivity contribution < 1.29 is 27.9 Å².